The predicted octanol–water partition coefficient (Wildman–Crippen LogP) is 4.90. The first-order chi connectivity index (χ1) is 18.1. The molecule has 2 heterocycles. The van der Waals surface area contributed by atoms with E-state index >= 15 is 4.39 Å². The lowest BCUT2D eigenvalue weighted by Gasteiger charge is -2.17. The number of nitriles is 1. The van der Waals surface area contributed by atoms with Gasteiger partial charge in [-0.2, -0.15) is 18.0 Å². The summed E-state index contributed by atoms with van der Waals surface area (Å²) < 4.78 is 57.9. The number of anilines is 1. The zero-order valence-electron chi connectivity index (χ0n) is 20.5. The van der Waals surface area contributed by atoms with Crippen molar-refractivity contribution in [1.29, 1.82) is 5.26 Å². The highest BCUT2D eigenvalue weighted by atomic mass is 32.2. The van der Waals surface area contributed by atoms with Crippen LogP contribution in [-0.2, 0) is 15.6 Å². The van der Waals surface area contributed by atoms with Crippen molar-refractivity contribution in [2.24, 2.45) is 0 Å². The molecule has 0 spiro atoms. The third-order valence-corrected chi connectivity index (χ3v) is 8.46. The summed E-state index contributed by atoms with van der Waals surface area (Å²) in [5, 5.41) is 9.89. The van der Waals surface area contributed by atoms with Crippen LogP contribution in [0.4, 0.5) is 14.5 Å². The average Bonchev–Trinajstić information content (AvgIpc) is 3.61. The monoisotopic (exact) mass is 535 g/mol. The number of aromatic amines is 1. The van der Waals surface area contributed by atoms with Crippen LogP contribution in [0.15, 0.2) is 54.9 Å². The van der Waals surface area contributed by atoms with Crippen molar-refractivity contribution in [2.75, 3.05) is 18.3 Å². The van der Waals surface area contributed by atoms with Crippen LogP contribution in [0.25, 0.3) is 22.2 Å². The first kappa shape index (κ1) is 25.5. The number of nitrogens with zero attached hydrogens (tertiary/aromatic N) is 3. The van der Waals surface area contributed by atoms with Gasteiger partial charge in [0.25, 0.3) is 0 Å². The molecule has 5 rings (SSSR count). The molecule has 0 saturated heterocycles. The molecule has 8 nitrogen and oxygen atoms in total. The van der Waals surface area contributed by atoms with Gasteiger partial charge in [0, 0.05) is 42.5 Å². The van der Waals surface area contributed by atoms with Crippen LogP contribution in [0.1, 0.15) is 41.3 Å². The van der Waals surface area contributed by atoms with Crippen LogP contribution >= 0.6 is 0 Å². The van der Waals surface area contributed by atoms with Crippen molar-refractivity contribution in [3.63, 3.8) is 0 Å². The average molecular weight is 536 g/mol. The molecule has 11 heteroatoms. The van der Waals surface area contributed by atoms with E-state index in [2.05, 4.69) is 20.8 Å². The second kappa shape index (κ2) is 9.31. The maximum absolute atomic E-state index is 15.4. The molecule has 2 aromatic heterocycles. The van der Waals surface area contributed by atoms with Crippen molar-refractivity contribution < 1.29 is 22.0 Å². The van der Waals surface area contributed by atoms with E-state index in [-0.39, 0.29) is 12.1 Å². The number of hydrogen-bond acceptors (Lipinski definition) is 5. The van der Waals surface area contributed by atoms with Gasteiger partial charge in [-0.15, -0.1) is 0 Å². The lowest BCUT2D eigenvalue weighted by atomic mass is 9.93. The SMILES string of the molecule is CCN(C)S(=O)(=O)Nc1ccc(F)c(C(=O)c2c[nH]c3ncc(-c4cccc(C5(C#N)CC5)c4)cc23)c1F. The number of carbonyl (C=O) groups is 1. The third kappa shape index (κ3) is 4.31. The number of H-pyrrole nitrogens is 1. The molecule has 2 aromatic carbocycles. The standard InChI is InChI=1S/C27H23F2N5O3S/c1-3-34(2)38(36,37)33-22-8-7-21(28)23(24(22)29)25(35)20-14-32-26-19(20)12-17(13-31-26)16-5-4-6-18(11-16)27(15-30)9-10-27/h4-8,11-14,33H,3,9-10H2,1-2H3,(H,31,32). The van der Waals surface area contributed by atoms with Gasteiger partial charge in [-0.1, -0.05) is 25.1 Å². The van der Waals surface area contributed by atoms with Gasteiger partial charge in [0.2, 0.25) is 5.78 Å². The molecule has 0 aliphatic heterocycles. The zero-order valence-corrected chi connectivity index (χ0v) is 21.4. The van der Waals surface area contributed by atoms with Crippen molar-refractivity contribution in [3.05, 3.63) is 83.2 Å². The topological polar surface area (TPSA) is 119 Å². The molecule has 38 heavy (non-hydrogen) atoms. The minimum absolute atomic E-state index is 0.0234. The fraction of sp³-hybridized carbons (Fsp3) is 0.222. The Morgan fingerprint density at radius 3 is 2.66 bits per heavy atom. The molecule has 0 amide bonds. The zero-order chi connectivity index (χ0) is 27.2. The van der Waals surface area contributed by atoms with Crippen molar-refractivity contribution >= 4 is 32.7 Å². The highest BCUT2D eigenvalue weighted by Gasteiger charge is 2.44. The highest BCUT2D eigenvalue weighted by molar-refractivity contribution is 7.90. The summed E-state index contributed by atoms with van der Waals surface area (Å²) in [6.45, 7) is 1.72. The van der Waals surface area contributed by atoms with Crippen molar-refractivity contribution in [3.8, 4) is 17.2 Å². The number of pyridine rings is 1. The van der Waals surface area contributed by atoms with Crippen LogP contribution < -0.4 is 4.72 Å². The van der Waals surface area contributed by atoms with Gasteiger partial charge in [0.05, 0.1) is 22.7 Å². The van der Waals surface area contributed by atoms with E-state index in [4.69, 9.17) is 0 Å². The molecule has 2 N–H and O–H groups in total. The number of benzene rings is 2. The molecule has 1 saturated carbocycles. The molecular weight excluding hydrogens is 512 g/mol. The van der Waals surface area contributed by atoms with E-state index in [1.807, 2.05) is 24.3 Å². The molecule has 194 valence electrons. The largest absolute Gasteiger partial charge is 0.345 e. The first-order valence-corrected chi connectivity index (χ1v) is 13.3. The molecule has 0 unspecified atom stereocenters. The molecule has 1 fully saturated rings. The molecule has 1 aliphatic rings. The van der Waals surface area contributed by atoms with Gasteiger partial charge < -0.3 is 4.98 Å². The summed E-state index contributed by atoms with van der Waals surface area (Å²) in [5.41, 5.74) is 0.755. The van der Waals surface area contributed by atoms with Crippen molar-refractivity contribution in [2.45, 2.75) is 25.2 Å². The van der Waals surface area contributed by atoms with Crippen LogP contribution in [0.2, 0.25) is 0 Å². The van der Waals surface area contributed by atoms with Crippen LogP contribution in [0.5, 0.6) is 0 Å². The van der Waals surface area contributed by atoms with E-state index in [0.29, 0.717) is 16.6 Å². The number of nitrogens with one attached hydrogen (secondary N) is 2. The number of rotatable bonds is 8. The Balaban J connectivity index is 1.55. The lowest BCUT2D eigenvalue weighted by Crippen LogP contribution is -2.32. The van der Waals surface area contributed by atoms with Crippen LogP contribution in [-0.4, -0.2) is 42.1 Å². The fourth-order valence-corrected chi connectivity index (χ4v) is 5.23. The molecule has 0 atom stereocenters. The van der Waals surface area contributed by atoms with Gasteiger partial charge in [0.15, 0.2) is 5.82 Å². The predicted molar refractivity (Wildman–Crippen MR) is 139 cm³/mol. The lowest BCUT2D eigenvalue weighted by molar-refractivity contribution is 0.103. The van der Waals surface area contributed by atoms with E-state index in [1.165, 1.54) is 13.2 Å². The minimum Gasteiger partial charge on any atom is -0.345 e. The Labute approximate surface area is 218 Å². The normalized spacial score (nSPS) is 14.4. The Hall–Kier alpha value is -4.14. The molecular formula is C27H23F2N5O3S. The number of halogens is 2. The quantitative estimate of drug-likeness (QED) is 0.311. The Bertz CT molecular complexity index is 1740. The number of carbonyl (C=O) groups excluding carboxylic acids is 1. The Morgan fingerprint density at radius 2 is 1.97 bits per heavy atom. The summed E-state index contributed by atoms with van der Waals surface area (Å²) >= 11 is 0. The summed E-state index contributed by atoms with van der Waals surface area (Å²) in [4.78, 5) is 20.6. The third-order valence-electron chi connectivity index (χ3n) is 6.90. The van der Waals surface area contributed by atoms with Gasteiger partial charge in [-0.3, -0.25) is 9.52 Å². The smallest absolute Gasteiger partial charge is 0.301 e. The molecule has 0 radical (unpaired) electrons. The highest BCUT2D eigenvalue weighted by Crippen LogP contribution is 2.48. The maximum Gasteiger partial charge on any atom is 0.301 e. The van der Waals surface area contributed by atoms with Crippen LogP contribution in [0, 0.1) is 23.0 Å². The molecule has 4 aromatic rings. The molecule has 1 aliphatic carbocycles. The van der Waals surface area contributed by atoms with E-state index < -0.39 is 44.3 Å². The van der Waals surface area contributed by atoms with Crippen LogP contribution in [0.3, 0.4) is 0 Å². The number of hydrogen-bond donors (Lipinski definition) is 2. The fourth-order valence-electron chi connectivity index (χ4n) is 4.30. The van der Waals surface area contributed by atoms with Gasteiger partial charge in [0.1, 0.15) is 11.5 Å². The second-order valence-electron chi connectivity index (χ2n) is 9.23. The summed E-state index contributed by atoms with van der Waals surface area (Å²) in [7, 11) is -2.81. The Morgan fingerprint density at radius 1 is 1.21 bits per heavy atom. The second-order valence-corrected chi connectivity index (χ2v) is 11.0. The van der Waals surface area contributed by atoms with E-state index in [0.717, 1.165) is 40.4 Å². The number of fused-ring (bicyclic) bond motifs is 1. The molecule has 0 bridgehead atoms. The van der Waals surface area contributed by atoms with E-state index in [1.54, 1.807) is 19.2 Å². The van der Waals surface area contributed by atoms with Crippen molar-refractivity contribution in [1.82, 2.24) is 14.3 Å². The van der Waals surface area contributed by atoms with E-state index in [9.17, 15) is 22.9 Å². The van der Waals surface area contributed by atoms with Gasteiger partial charge in [-0.05, 0) is 48.2 Å². The first-order valence-electron chi connectivity index (χ1n) is 11.9. The minimum atomic E-state index is -4.10. The summed E-state index contributed by atoms with van der Waals surface area (Å²) in [5.74, 6) is -3.41. The number of aromatic nitrogens is 2. The number of ketones is 1. The van der Waals surface area contributed by atoms with Gasteiger partial charge in [-0.25, -0.2) is 13.8 Å². The Kier molecular flexibility index (Phi) is 6.25. The summed E-state index contributed by atoms with van der Waals surface area (Å²) in [6, 6.07) is 13.4. The van der Waals surface area contributed by atoms with Gasteiger partial charge >= 0.3 is 10.2 Å². The summed E-state index contributed by atoms with van der Waals surface area (Å²) in [6.07, 6.45) is 4.51. The maximum atomic E-state index is 15.4.